The van der Waals surface area contributed by atoms with E-state index in [0.29, 0.717) is 18.2 Å². The summed E-state index contributed by atoms with van der Waals surface area (Å²) in [5.41, 5.74) is 5.37. The zero-order valence-electron chi connectivity index (χ0n) is 16.2. The predicted octanol–water partition coefficient (Wildman–Crippen LogP) is 5.04. The molecular formula is C24H21N3O2. The molecule has 144 valence electrons. The lowest BCUT2D eigenvalue weighted by Crippen LogP contribution is -2.22. The van der Waals surface area contributed by atoms with Crippen LogP contribution < -0.4 is 4.90 Å². The molecule has 0 amide bonds. The minimum atomic E-state index is -0.311. The van der Waals surface area contributed by atoms with Crippen LogP contribution in [0.1, 0.15) is 41.3 Å². The molecular weight excluding hydrogens is 362 g/mol. The average Bonchev–Trinajstić information content (AvgIpc) is 3.59. The zero-order valence-corrected chi connectivity index (χ0v) is 16.2. The van der Waals surface area contributed by atoms with Gasteiger partial charge in [0.15, 0.2) is 0 Å². The zero-order chi connectivity index (χ0) is 19.8. The molecule has 1 aliphatic heterocycles. The van der Waals surface area contributed by atoms with Gasteiger partial charge in [-0.05, 0) is 56.2 Å². The highest BCUT2D eigenvalue weighted by Gasteiger charge is 2.35. The fourth-order valence-electron chi connectivity index (χ4n) is 3.73. The van der Waals surface area contributed by atoms with Crippen molar-refractivity contribution in [2.45, 2.75) is 25.8 Å². The molecule has 5 heteroatoms. The maximum atomic E-state index is 12.0. The number of hydrogen-bond donors (Lipinski definition) is 0. The number of fused-ring (bicyclic) bond motifs is 2. The van der Waals surface area contributed by atoms with Crippen LogP contribution in [0.3, 0.4) is 0 Å². The quantitative estimate of drug-likeness (QED) is 0.592. The van der Waals surface area contributed by atoms with Gasteiger partial charge in [0.25, 0.3) is 0 Å². The van der Waals surface area contributed by atoms with Crippen molar-refractivity contribution in [1.29, 1.82) is 0 Å². The first-order chi connectivity index (χ1) is 14.3. The van der Waals surface area contributed by atoms with Crippen molar-refractivity contribution in [2.24, 2.45) is 4.99 Å². The lowest BCUT2D eigenvalue weighted by molar-refractivity contribution is 0.0526. The van der Waals surface area contributed by atoms with Crippen molar-refractivity contribution in [1.82, 2.24) is 4.98 Å². The van der Waals surface area contributed by atoms with E-state index in [1.54, 1.807) is 19.1 Å². The Morgan fingerprint density at radius 2 is 1.86 bits per heavy atom. The van der Waals surface area contributed by atoms with Crippen LogP contribution in [0.2, 0.25) is 0 Å². The van der Waals surface area contributed by atoms with Gasteiger partial charge in [-0.3, -0.25) is 0 Å². The first-order valence-electron chi connectivity index (χ1n) is 9.96. The van der Waals surface area contributed by atoms with E-state index < -0.39 is 0 Å². The summed E-state index contributed by atoms with van der Waals surface area (Å²) >= 11 is 0. The number of carbonyl (C=O) groups excluding carboxylic acids is 1. The van der Waals surface area contributed by atoms with Gasteiger partial charge in [0.2, 0.25) is 0 Å². The van der Waals surface area contributed by atoms with Crippen molar-refractivity contribution < 1.29 is 9.53 Å². The van der Waals surface area contributed by atoms with E-state index in [9.17, 15) is 4.79 Å². The molecule has 1 saturated carbocycles. The van der Waals surface area contributed by atoms with E-state index >= 15 is 0 Å². The Kier molecular flexibility index (Phi) is 4.35. The van der Waals surface area contributed by atoms with Crippen LogP contribution in [0.25, 0.3) is 0 Å². The molecule has 0 saturated heterocycles. The highest BCUT2D eigenvalue weighted by molar-refractivity contribution is 6.18. The van der Waals surface area contributed by atoms with E-state index in [1.807, 2.05) is 42.6 Å². The molecule has 5 nitrogen and oxygen atoms in total. The normalized spacial score (nSPS) is 15.1. The van der Waals surface area contributed by atoms with Crippen LogP contribution >= 0.6 is 0 Å². The number of aliphatic imine (C=N–C) groups is 1. The van der Waals surface area contributed by atoms with Crippen LogP contribution in [0, 0.1) is 0 Å². The topological polar surface area (TPSA) is 54.8 Å². The summed E-state index contributed by atoms with van der Waals surface area (Å²) in [5, 5.41) is 0. The lowest BCUT2D eigenvalue weighted by atomic mass is 10.0. The molecule has 0 radical (unpaired) electrons. The number of pyridine rings is 1. The molecule has 1 fully saturated rings. The molecule has 1 aromatic heterocycles. The van der Waals surface area contributed by atoms with Crippen LogP contribution in [-0.4, -0.2) is 29.3 Å². The highest BCUT2D eigenvalue weighted by atomic mass is 16.5. The fraction of sp³-hybridized carbons (Fsp3) is 0.208. The van der Waals surface area contributed by atoms with Gasteiger partial charge in [0.1, 0.15) is 5.82 Å². The number of esters is 1. The SMILES string of the molecule is CCOC(=O)c1ccc(C2=Nc3ccccc3N(C3CC3)c3ncccc32)cc1. The Morgan fingerprint density at radius 1 is 1.07 bits per heavy atom. The summed E-state index contributed by atoms with van der Waals surface area (Å²) in [7, 11) is 0. The third kappa shape index (κ3) is 3.18. The van der Waals surface area contributed by atoms with Gasteiger partial charge in [-0.1, -0.05) is 24.3 Å². The summed E-state index contributed by atoms with van der Waals surface area (Å²) < 4.78 is 5.10. The Balaban J connectivity index is 1.65. The number of carbonyl (C=O) groups is 1. The number of aromatic nitrogens is 1. The summed E-state index contributed by atoms with van der Waals surface area (Å²) in [5.74, 6) is 0.627. The second-order valence-corrected chi connectivity index (χ2v) is 7.22. The maximum absolute atomic E-state index is 12.0. The van der Waals surface area contributed by atoms with Crippen LogP contribution in [0.15, 0.2) is 71.9 Å². The molecule has 2 aliphatic rings. The molecule has 0 atom stereocenters. The van der Waals surface area contributed by atoms with Crippen molar-refractivity contribution in [3.63, 3.8) is 0 Å². The largest absolute Gasteiger partial charge is 0.462 e. The van der Waals surface area contributed by atoms with Gasteiger partial charge in [0.05, 0.1) is 29.3 Å². The third-order valence-electron chi connectivity index (χ3n) is 5.23. The van der Waals surface area contributed by atoms with Gasteiger partial charge in [-0.25, -0.2) is 14.8 Å². The monoisotopic (exact) mass is 383 g/mol. The van der Waals surface area contributed by atoms with Crippen molar-refractivity contribution >= 4 is 28.9 Å². The average molecular weight is 383 g/mol. The van der Waals surface area contributed by atoms with Crippen molar-refractivity contribution in [2.75, 3.05) is 11.5 Å². The molecule has 0 unspecified atom stereocenters. The lowest BCUT2D eigenvalue weighted by Gasteiger charge is -2.25. The molecule has 2 aromatic carbocycles. The molecule has 0 spiro atoms. The number of ether oxygens (including phenoxy) is 1. The second kappa shape index (κ2) is 7.17. The van der Waals surface area contributed by atoms with Crippen molar-refractivity contribution in [3.05, 3.63) is 83.6 Å². The van der Waals surface area contributed by atoms with Gasteiger partial charge in [0, 0.05) is 23.4 Å². The number of anilines is 2. The van der Waals surface area contributed by atoms with Gasteiger partial charge < -0.3 is 9.64 Å². The molecule has 1 aliphatic carbocycles. The Morgan fingerprint density at radius 3 is 2.62 bits per heavy atom. The molecule has 2 heterocycles. The first kappa shape index (κ1) is 17.6. The molecule has 0 bridgehead atoms. The van der Waals surface area contributed by atoms with E-state index in [0.717, 1.165) is 46.9 Å². The standard InChI is InChI=1S/C24H21N3O2/c1-2-29-24(28)17-11-9-16(10-12-17)22-19-6-5-15-25-23(19)27(18-13-14-18)21-8-4-3-7-20(21)26-22/h3-12,15,18H,2,13-14H2,1H3. The molecule has 3 aromatic rings. The predicted molar refractivity (Wildman–Crippen MR) is 114 cm³/mol. The number of benzene rings is 2. The molecule has 5 rings (SSSR count). The van der Waals surface area contributed by atoms with E-state index in [2.05, 4.69) is 17.0 Å². The Hall–Kier alpha value is -3.47. The number of rotatable bonds is 4. The smallest absolute Gasteiger partial charge is 0.338 e. The second-order valence-electron chi connectivity index (χ2n) is 7.22. The van der Waals surface area contributed by atoms with Crippen molar-refractivity contribution in [3.8, 4) is 0 Å². The third-order valence-corrected chi connectivity index (χ3v) is 5.23. The summed E-state index contributed by atoms with van der Waals surface area (Å²) in [6.07, 6.45) is 4.16. The first-order valence-corrected chi connectivity index (χ1v) is 9.96. The van der Waals surface area contributed by atoms with Crippen LogP contribution in [0.4, 0.5) is 17.2 Å². The minimum Gasteiger partial charge on any atom is -0.462 e. The van der Waals surface area contributed by atoms with Gasteiger partial charge in [-0.2, -0.15) is 0 Å². The van der Waals surface area contributed by atoms with E-state index in [1.165, 1.54) is 0 Å². The fourth-order valence-corrected chi connectivity index (χ4v) is 3.73. The summed E-state index contributed by atoms with van der Waals surface area (Å²) in [6, 6.07) is 20.1. The van der Waals surface area contributed by atoms with Crippen LogP contribution in [0.5, 0.6) is 0 Å². The molecule has 29 heavy (non-hydrogen) atoms. The minimum absolute atomic E-state index is 0.311. The maximum Gasteiger partial charge on any atom is 0.338 e. The highest BCUT2D eigenvalue weighted by Crippen LogP contribution is 2.45. The Labute approximate surface area is 169 Å². The van der Waals surface area contributed by atoms with Gasteiger partial charge >= 0.3 is 5.97 Å². The van der Waals surface area contributed by atoms with E-state index in [-0.39, 0.29) is 5.97 Å². The van der Waals surface area contributed by atoms with E-state index in [4.69, 9.17) is 14.7 Å². The van der Waals surface area contributed by atoms with Gasteiger partial charge in [-0.15, -0.1) is 0 Å². The number of para-hydroxylation sites is 2. The number of nitrogens with zero attached hydrogens (tertiary/aromatic N) is 3. The van der Waals surface area contributed by atoms with Crippen LogP contribution in [-0.2, 0) is 4.74 Å². The molecule has 0 N–H and O–H groups in total. The summed E-state index contributed by atoms with van der Waals surface area (Å²) in [4.78, 5) is 24.1. The number of hydrogen-bond acceptors (Lipinski definition) is 5. The summed E-state index contributed by atoms with van der Waals surface area (Å²) in [6.45, 7) is 2.17. The Bertz CT molecular complexity index is 1100.